The van der Waals surface area contributed by atoms with E-state index in [-0.39, 0.29) is 0 Å². The summed E-state index contributed by atoms with van der Waals surface area (Å²) in [7, 11) is 3.33. The Bertz CT molecular complexity index is 965. The third kappa shape index (κ3) is 3.61. The first-order valence-electron chi connectivity index (χ1n) is 7.61. The number of nitrogens with zero attached hydrogens (tertiary/aromatic N) is 3. The number of nitrogens with two attached hydrogens (primary N) is 1. The van der Waals surface area contributed by atoms with Gasteiger partial charge in [0, 0.05) is 36.3 Å². The van der Waals surface area contributed by atoms with E-state index in [2.05, 4.69) is 15.0 Å². The average molecular weight is 353 g/mol. The van der Waals surface area contributed by atoms with Gasteiger partial charge in [0.05, 0.1) is 18.1 Å². The van der Waals surface area contributed by atoms with Gasteiger partial charge in [0.15, 0.2) is 0 Å². The van der Waals surface area contributed by atoms with Gasteiger partial charge in [-0.15, -0.1) is 0 Å². The highest BCUT2D eigenvalue weighted by molar-refractivity contribution is 6.29. The number of allylic oxidation sites excluding steroid dienone is 1. The number of aliphatic imine (C=N–C) groups is 1. The van der Waals surface area contributed by atoms with Crippen molar-refractivity contribution in [2.75, 3.05) is 14.2 Å². The first kappa shape index (κ1) is 16.9. The van der Waals surface area contributed by atoms with Gasteiger partial charge in [-0.25, -0.2) is 4.98 Å². The summed E-state index contributed by atoms with van der Waals surface area (Å²) >= 11 is 5.98. The van der Waals surface area contributed by atoms with E-state index in [4.69, 9.17) is 22.1 Å². The fourth-order valence-corrected chi connectivity index (χ4v) is 2.64. The molecule has 2 aromatic heterocycles. The number of pyridine rings is 2. The molecule has 25 heavy (non-hydrogen) atoms. The van der Waals surface area contributed by atoms with Gasteiger partial charge in [0.25, 0.3) is 0 Å². The number of halogens is 1. The first-order chi connectivity index (χ1) is 12.1. The molecule has 0 atom stereocenters. The Labute approximate surface area is 150 Å². The van der Waals surface area contributed by atoms with Crippen LogP contribution in [0.2, 0.25) is 5.15 Å². The molecule has 0 spiro atoms. The Kier molecular flexibility index (Phi) is 4.95. The van der Waals surface area contributed by atoms with E-state index >= 15 is 0 Å². The summed E-state index contributed by atoms with van der Waals surface area (Å²) in [6.45, 7) is 0. The molecule has 0 radical (unpaired) electrons. The van der Waals surface area contributed by atoms with E-state index < -0.39 is 0 Å². The highest BCUT2D eigenvalue weighted by Gasteiger charge is 2.10. The zero-order valence-corrected chi connectivity index (χ0v) is 14.7. The standard InChI is InChI=1S/C19H17ClN4O/c1-22-11-15(19(21)12-3-5-14(25-2)6-4-12)13-9-17-16(23-10-13)7-8-18(20)24-17/h3-11H,21H2,1-2H3. The van der Waals surface area contributed by atoms with Crippen molar-refractivity contribution in [2.24, 2.45) is 10.7 Å². The first-order valence-corrected chi connectivity index (χ1v) is 7.99. The molecule has 2 heterocycles. The predicted molar refractivity (Wildman–Crippen MR) is 103 cm³/mol. The summed E-state index contributed by atoms with van der Waals surface area (Å²) < 4.78 is 5.19. The number of hydrogen-bond donors (Lipinski definition) is 1. The Morgan fingerprint density at radius 3 is 2.56 bits per heavy atom. The quantitative estimate of drug-likeness (QED) is 0.572. The van der Waals surface area contributed by atoms with E-state index in [9.17, 15) is 0 Å². The molecule has 3 aromatic rings. The largest absolute Gasteiger partial charge is 0.497 e. The van der Waals surface area contributed by atoms with Crippen LogP contribution >= 0.6 is 11.6 Å². The third-order valence-electron chi connectivity index (χ3n) is 3.76. The smallest absolute Gasteiger partial charge is 0.129 e. The van der Waals surface area contributed by atoms with Crippen molar-refractivity contribution in [2.45, 2.75) is 0 Å². The molecule has 0 fully saturated rings. The van der Waals surface area contributed by atoms with Crippen molar-refractivity contribution in [3.63, 3.8) is 0 Å². The van der Waals surface area contributed by atoms with Crippen LogP contribution in [0.25, 0.3) is 22.3 Å². The highest BCUT2D eigenvalue weighted by atomic mass is 35.5. The predicted octanol–water partition coefficient (Wildman–Crippen LogP) is 3.82. The Morgan fingerprint density at radius 1 is 1.12 bits per heavy atom. The molecule has 126 valence electrons. The molecule has 0 amide bonds. The SMILES string of the molecule is CN=CC(=C(N)c1ccc(OC)cc1)c1cnc2ccc(Cl)nc2c1. The van der Waals surface area contributed by atoms with Gasteiger partial charge in [-0.1, -0.05) is 11.6 Å². The molecule has 2 N–H and O–H groups in total. The van der Waals surface area contributed by atoms with E-state index in [0.717, 1.165) is 28.0 Å². The second-order valence-corrected chi connectivity index (χ2v) is 5.73. The molecule has 6 heteroatoms. The molecule has 0 unspecified atom stereocenters. The van der Waals surface area contributed by atoms with Gasteiger partial charge in [-0.05, 0) is 48.0 Å². The lowest BCUT2D eigenvalue weighted by Crippen LogP contribution is -2.03. The number of rotatable bonds is 4. The fraction of sp³-hybridized carbons (Fsp3) is 0.105. The molecule has 0 saturated heterocycles. The van der Waals surface area contributed by atoms with Crippen molar-refractivity contribution < 1.29 is 4.74 Å². The van der Waals surface area contributed by atoms with Gasteiger partial charge in [0.1, 0.15) is 10.9 Å². The van der Waals surface area contributed by atoms with Crippen LogP contribution in [-0.2, 0) is 0 Å². The normalized spacial score (nSPS) is 12.4. The van der Waals surface area contributed by atoms with Crippen molar-refractivity contribution in [1.82, 2.24) is 9.97 Å². The topological polar surface area (TPSA) is 73.4 Å². The molecule has 0 bridgehead atoms. The van der Waals surface area contributed by atoms with E-state index in [1.165, 1.54) is 0 Å². The second-order valence-electron chi connectivity index (χ2n) is 5.34. The van der Waals surface area contributed by atoms with Crippen LogP contribution in [0.5, 0.6) is 5.75 Å². The summed E-state index contributed by atoms with van der Waals surface area (Å²) in [5, 5.41) is 0.421. The maximum Gasteiger partial charge on any atom is 0.129 e. The number of hydrogen-bond acceptors (Lipinski definition) is 5. The van der Waals surface area contributed by atoms with Gasteiger partial charge in [0.2, 0.25) is 0 Å². The van der Waals surface area contributed by atoms with Gasteiger partial charge in [-0.2, -0.15) is 0 Å². The van der Waals surface area contributed by atoms with Crippen molar-refractivity contribution in [3.8, 4) is 5.75 Å². The third-order valence-corrected chi connectivity index (χ3v) is 3.97. The summed E-state index contributed by atoms with van der Waals surface area (Å²) in [6.07, 6.45) is 3.47. The molecule has 0 aliphatic rings. The fourth-order valence-electron chi connectivity index (χ4n) is 2.48. The van der Waals surface area contributed by atoms with Crippen LogP contribution in [0, 0.1) is 0 Å². The van der Waals surface area contributed by atoms with Crippen LogP contribution in [0.4, 0.5) is 0 Å². The maximum absolute atomic E-state index is 6.40. The van der Waals surface area contributed by atoms with Crippen LogP contribution in [0.15, 0.2) is 53.7 Å². The molecule has 3 rings (SSSR count). The minimum absolute atomic E-state index is 0.421. The van der Waals surface area contributed by atoms with E-state index in [1.807, 2.05) is 36.4 Å². The van der Waals surface area contributed by atoms with Gasteiger partial charge < -0.3 is 10.5 Å². The van der Waals surface area contributed by atoms with Crippen LogP contribution in [0.3, 0.4) is 0 Å². The number of fused-ring (bicyclic) bond motifs is 1. The van der Waals surface area contributed by atoms with Crippen molar-refractivity contribution in [1.29, 1.82) is 0 Å². The van der Waals surface area contributed by atoms with E-state index in [0.29, 0.717) is 16.4 Å². The highest BCUT2D eigenvalue weighted by Crippen LogP contribution is 2.25. The molecule has 0 saturated carbocycles. The van der Waals surface area contributed by atoms with Crippen molar-refractivity contribution >= 4 is 40.1 Å². The Morgan fingerprint density at radius 2 is 1.88 bits per heavy atom. The lowest BCUT2D eigenvalue weighted by molar-refractivity contribution is 0.415. The summed E-state index contributed by atoms with van der Waals surface area (Å²) in [4.78, 5) is 12.9. The van der Waals surface area contributed by atoms with E-state index in [1.54, 1.807) is 32.6 Å². The van der Waals surface area contributed by atoms with Crippen LogP contribution in [-0.4, -0.2) is 30.3 Å². The minimum atomic E-state index is 0.421. The van der Waals surface area contributed by atoms with Gasteiger partial charge >= 0.3 is 0 Å². The molecule has 1 aromatic carbocycles. The Balaban J connectivity index is 2.13. The Hall–Kier alpha value is -2.92. The zero-order chi connectivity index (χ0) is 17.8. The van der Waals surface area contributed by atoms with Crippen LogP contribution in [0.1, 0.15) is 11.1 Å². The summed E-state index contributed by atoms with van der Waals surface area (Å²) in [5.74, 6) is 0.772. The monoisotopic (exact) mass is 352 g/mol. The average Bonchev–Trinajstić information content (AvgIpc) is 2.65. The molecule has 5 nitrogen and oxygen atoms in total. The summed E-state index contributed by atoms with van der Waals surface area (Å²) in [6, 6.07) is 13.0. The molecule has 0 aliphatic heterocycles. The number of benzene rings is 1. The lowest BCUT2D eigenvalue weighted by Gasteiger charge is -2.10. The summed E-state index contributed by atoms with van der Waals surface area (Å²) in [5.41, 5.74) is 10.9. The maximum atomic E-state index is 6.40. The zero-order valence-electron chi connectivity index (χ0n) is 13.9. The molecule has 0 aliphatic carbocycles. The van der Waals surface area contributed by atoms with Crippen LogP contribution < -0.4 is 10.5 Å². The number of ether oxygens (including phenoxy) is 1. The minimum Gasteiger partial charge on any atom is -0.497 e. The molecular formula is C19H17ClN4O. The second kappa shape index (κ2) is 7.32. The van der Waals surface area contributed by atoms with Gasteiger partial charge in [-0.3, -0.25) is 9.98 Å². The number of aromatic nitrogens is 2. The lowest BCUT2D eigenvalue weighted by atomic mass is 10.0. The molecular weight excluding hydrogens is 336 g/mol. The number of methoxy groups -OCH3 is 1. The van der Waals surface area contributed by atoms with Crippen molar-refractivity contribution in [3.05, 3.63) is 64.9 Å².